The van der Waals surface area contributed by atoms with Gasteiger partial charge in [-0.1, -0.05) is 42.5 Å². The van der Waals surface area contributed by atoms with Gasteiger partial charge in [0, 0.05) is 5.41 Å². The van der Waals surface area contributed by atoms with Crippen LogP contribution in [0.15, 0.2) is 66.7 Å². The third-order valence-corrected chi connectivity index (χ3v) is 4.97. The summed E-state index contributed by atoms with van der Waals surface area (Å²) < 4.78 is 10.9. The molecule has 0 saturated heterocycles. The predicted octanol–water partition coefficient (Wildman–Crippen LogP) is 4.22. The molecule has 0 aliphatic rings. The first kappa shape index (κ1) is 17.7. The summed E-state index contributed by atoms with van der Waals surface area (Å²) in [6.07, 6.45) is 0. The monoisotopic (exact) mass is 348 g/mol. The molecule has 0 atom stereocenters. The van der Waals surface area contributed by atoms with Gasteiger partial charge in [-0.25, -0.2) is 0 Å². The minimum Gasteiger partial charge on any atom is -0.495 e. The fourth-order valence-electron chi connectivity index (χ4n) is 3.32. The van der Waals surface area contributed by atoms with Crippen molar-refractivity contribution in [3.8, 4) is 11.5 Å². The highest BCUT2D eigenvalue weighted by molar-refractivity contribution is 5.62. The Bertz CT molecular complexity index is 854. The number of nitrogens with two attached hydrogens (primary N) is 2. The van der Waals surface area contributed by atoms with Gasteiger partial charge in [-0.15, -0.1) is 0 Å². The van der Waals surface area contributed by atoms with E-state index in [4.69, 9.17) is 20.9 Å². The SMILES string of the molecule is COc1cc(C(C)(c2ccccc2)c2ccc(N)c(OC)c2)ccc1N. The molecule has 0 saturated carbocycles. The highest BCUT2D eigenvalue weighted by atomic mass is 16.5. The molecule has 0 aliphatic heterocycles. The summed E-state index contributed by atoms with van der Waals surface area (Å²) in [5, 5.41) is 0. The number of benzene rings is 3. The molecule has 0 bridgehead atoms. The Balaban J connectivity index is 2.28. The van der Waals surface area contributed by atoms with E-state index in [0.717, 1.165) is 16.7 Å². The minimum atomic E-state index is -0.427. The number of anilines is 2. The maximum Gasteiger partial charge on any atom is 0.142 e. The molecule has 134 valence electrons. The van der Waals surface area contributed by atoms with Crippen LogP contribution in [0.5, 0.6) is 11.5 Å². The zero-order valence-corrected chi connectivity index (χ0v) is 15.3. The Morgan fingerprint density at radius 1 is 0.654 bits per heavy atom. The molecule has 0 fully saturated rings. The van der Waals surface area contributed by atoms with Gasteiger partial charge >= 0.3 is 0 Å². The highest BCUT2D eigenvalue weighted by Gasteiger charge is 2.32. The van der Waals surface area contributed by atoms with Crippen molar-refractivity contribution in [2.45, 2.75) is 12.3 Å². The predicted molar refractivity (Wildman–Crippen MR) is 107 cm³/mol. The van der Waals surface area contributed by atoms with Crippen molar-refractivity contribution in [2.24, 2.45) is 0 Å². The van der Waals surface area contributed by atoms with Gasteiger partial charge in [-0.2, -0.15) is 0 Å². The van der Waals surface area contributed by atoms with Crippen LogP contribution in [0.1, 0.15) is 23.6 Å². The Labute approximate surface area is 154 Å². The van der Waals surface area contributed by atoms with Crippen LogP contribution in [-0.4, -0.2) is 14.2 Å². The summed E-state index contributed by atoms with van der Waals surface area (Å²) in [5.41, 5.74) is 16.1. The summed E-state index contributed by atoms with van der Waals surface area (Å²) in [4.78, 5) is 0. The number of rotatable bonds is 5. The van der Waals surface area contributed by atoms with E-state index < -0.39 is 5.41 Å². The molecule has 4 N–H and O–H groups in total. The van der Waals surface area contributed by atoms with Crippen LogP contribution >= 0.6 is 0 Å². The van der Waals surface area contributed by atoms with Gasteiger partial charge in [0.1, 0.15) is 11.5 Å². The van der Waals surface area contributed by atoms with E-state index >= 15 is 0 Å². The third kappa shape index (κ3) is 2.94. The summed E-state index contributed by atoms with van der Waals surface area (Å²) in [5.74, 6) is 1.32. The molecule has 0 aliphatic carbocycles. The van der Waals surface area contributed by atoms with E-state index in [0.29, 0.717) is 22.9 Å². The molecule has 26 heavy (non-hydrogen) atoms. The first-order valence-corrected chi connectivity index (χ1v) is 8.44. The van der Waals surface area contributed by atoms with Gasteiger partial charge in [0.2, 0.25) is 0 Å². The Morgan fingerprint density at radius 2 is 1.12 bits per heavy atom. The second-order valence-corrected chi connectivity index (χ2v) is 6.40. The normalized spacial score (nSPS) is 11.2. The van der Waals surface area contributed by atoms with Crippen molar-refractivity contribution in [2.75, 3.05) is 25.7 Å². The van der Waals surface area contributed by atoms with E-state index in [2.05, 4.69) is 19.1 Å². The fourth-order valence-corrected chi connectivity index (χ4v) is 3.32. The largest absolute Gasteiger partial charge is 0.495 e. The topological polar surface area (TPSA) is 70.5 Å². The molecule has 0 spiro atoms. The van der Waals surface area contributed by atoms with Crippen molar-refractivity contribution in [3.63, 3.8) is 0 Å². The average molecular weight is 348 g/mol. The zero-order chi connectivity index (χ0) is 18.7. The summed E-state index contributed by atoms with van der Waals surface area (Å²) >= 11 is 0. The van der Waals surface area contributed by atoms with Gasteiger partial charge in [0.15, 0.2) is 0 Å². The van der Waals surface area contributed by atoms with Crippen LogP contribution in [0, 0.1) is 0 Å². The average Bonchev–Trinajstić information content (AvgIpc) is 2.68. The van der Waals surface area contributed by atoms with Crippen molar-refractivity contribution in [1.82, 2.24) is 0 Å². The van der Waals surface area contributed by atoms with Crippen molar-refractivity contribution in [3.05, 3.63) is 83.4 Å². The molecule has 0 radical (unpaired) electrons. The summed E-state index contributed by atoms with van der Waals surface area (Å²) in [7, 11) is 3.25. The van der Waals surface area contributed by atoms with Gasteiger partial charge in [-0.05, 0) is 47.9 Å². The van der Waals surface area contributed by atoms with E-state index in [-0.39, 0.29) is 0 Å². The minimum absolute atomic E-state index is 0.427. The molecule has 3 aromatic carbocycles. The molecule has 3 aromatic rings. The Hall–Kier alpha value is -3.14. The van der Waals surface area contributed by atoms with E-state index in [1.54, 1.807) is 14.2 Å². The second kappa shape index (κ2) is 7.00. The summed E-state index contributed by atoms with van der Waals surface area (Å²) in [6, 6.07) is 22.1. The number of hydrogen-bond acceptors (Lipinski definition) is 4. The molecule has 0 unspecified atom stereocenters. The van der Waals surface area contributed by atoms with Crippen LogP contribution in [0.2, 0.25) is 0 Å². The van der Waals surface area contributed by atoms with Gasteiger partial charge in [0.05, 0.1) is 25.6 Å². The number of methoxy groups -OCH3 is 2. The highest BCUT2D eigenvalue weighted by Crippen LogP contribution is 2.42. The van der Waals surface area contributed by atoms with Gasteiger partial charge in [0.25, 0.3) is 0 Å². The zero-order valence-electron chi connectivity index (χ0n) is 15.3. The maximum atomic E-state index is 6.02. The fraction of sp³-hybridized carbons (Fsp3) is 0.182. The van der Waals surface area contributed by atoms with Crippen molar-refractivity contribution >= 4 is 11.4 Å². The molecule has 4 nitrogen and oxygen atoms in total. The molecule has 0 heterocycles. The lowest BCUT2D eigenvalue weighted by Crippen LogP contribution is -2.25. The lowest BCUT2D eigenvalue weighted by molar-refractivity contribution is 0.414. The standard InChI is InChI=1S/C22H24N2O2/c1-22(15-7-5-4-6-8-15,16-9-11-18(23)20(13-16)25-2)17-10-12-19(24)21(14-17)26-3/h4-14H,23-24H2,1-3H3. The molecule has 4 heteroatoms. The van der Waals surface area contributed by atoms with Crippen molar-refractivity contribution in [1.29, 1.82) is 0 Å². The quantitative estimate of drug-likeness (QED) is 0.535. The number of ether oxygens (including phenoxy) is 2. The Morgan fingerprint density at radius 3 is 1.54 bits per heavy atom. The smallest absolute Gasteiger partial charge is 0.142 e. The second-order valence-electron chi connectivity index (χ2n) is 6.40. The molecule has 3 rings (SSSR count). The van der Waals surface area contributed by atoms with Crippen LogP contribution in [0.25, 0.3) is 0 Å². The first-order valence-electron chi connectivity index (χ1n) is 8.44. The molecular formula is C22H24N2O2. The Kier molecular flexibility index (Phi) is 4.76. The van der Waals surface area contributed by atoms with Gasteiger partial charge in [-0.3, -0.25) is 0 Å². The molecule has 0 aromatic heterocycles. The van der Waals surface area contributed by atoms with E-state index in [1.807, 2.05) is 54.6 Å². The first-order chi connectivity index (χ1) is 12.5. The third-order valence-electron chi connectivity index (χ3n) is 4.97. The van der Waals surface area contributed by atoms with E-state index in [9.17, 15) is 0 Å². The van der Waals surface area contributed by atoms with Gasteiger partial charge < -0.3 is 20.9 Å². The maximum absolute atomic E-state index is 6.02. The van der Waals surface area contributed by atoms with Crippen molar-refractivity contribution < 1.29 is 9.47 Å². The van der Waals surface area contributed by atoms with Crippen LogP contribution in [0.3, 0.4) is 0 Å². The van der Waals surface area contributed by atoms with Crippen LogP contribution < -0.4 is 20.9 Å². The number of hydrogen-bond donors (Lipinski definition) is 2. The lowest BCUT2D eigenvalue weighted by Gasteiger charge is -2.32. The molecular weight excluding hydrogens is 324 g/mol. The lowest BCUT2D eigenvalue weighted by atomic mass is 9.71. The molecule has 0 amide bonds. The van der Waals surface area contributed by atoms with Crippen LogP contribution in [-0.2, 0) is 5.41 Å². The number of nitrogen functional groups attached to an aromatic ring is 2. The van der Waals surface area contributed by atoms with E-state index in [1.165, 1.54) is 0 Å². The summed E-state index contributed by atoms with van der Waals surface area (Å²) in [6.45, 7) is 2.18. The van der Waals surface area contributed by atoms with Crippen LogP contribution in [0.4, 0.5) is 11.4 Å².